The Bertz CT molecular complexity index is 615. The summed E-state index contributed by atoms with van der Waals surface area (Å²) >= 11 is 1.67. The number of hydrogen-bond donors (Lipinski definition) is 0. The van der Waals surface area contributed by atoms with Gasteiger partial charge in [0.15, 0.2) is 0 Å². The maximum absolute atomic E-state index is 12.9. The van der Waals surface area contributed by atoms with Crippen LogP contribution in [-0.4, -0.2) is 52.4 Å². The summed E-state index contributed by atoms with van der Waals surface area (Å²) in [6.45, 7) is 8.15. The van der Waals surface area contributed by atoms with Gasteiger partial charge in [-0.2, -0.15) is 0 Å². The molecule has 0 radical (unpaired) electrons. The average Bonchev–Trinajstić information content (AvgIpc) is 3.24. The molecule has 0 spiro atoms. The Balaban J connectivity index is 1.74. The summed E-state index contributed by atoms with van der Waals surface area (Å²) in [5, 5.41) is 0. The smallest absolute Gasteiger partial charge is 0.255 e. The summed E-state index contributed by atoms with van der Waals surface area (Å²) in [4.78, 5) is 29.2. The summed E-state index contributed by atoms with van der Waals surface area (Å²) in [7, 11) is 0. The van der Waals surface area contributed by atoms with Crippen molar-refractivity contribution in [1.82, 2.24) is 9.80 Å². The van der Waals surface area contributed by atoms with Crippen LogP contribution >= 0.6 is 11.8 Å². The summed E-state index contributed by atoms with van der Waals surface area (Å²) in [5.41, 5.74) is 1.95. The van der Waals surface area contributed by atoms with E-state index in [1.54, 1.807) is 16.7 Å². The van der Waals surface area contributed by atoms with Crippen LogP contribution in [-0.2, 0) is 10.2 Å². The second-order valence-electron chi connectivity index (χ2n) is 7.65. The predicted molar refractivity (Wildman–Crippen MR) is 98.2 cm³/mol. The van der Waals surface area contributed by atoms with Crippen LogP contribution in [0.3, 0.4) is 0 Å². The molecule has 2 fully saturated rings. The summed E-state index contributed by atoms with van der Waals surface area (Å²) in [5.74, 6) is 1.40. The molecule has 1 atom stereocenters. The minimum absolute atomic E-state index is 0.0296. The van der Waals surface area contributed by atoms with E-state index in [9.17, 15) is 9.59 Å². The zero-order valence-corrected chi connectivity index (χ0v) is 15.6. The van der Waals surface area contributed by atoms with Crippen molar-refractivity contribution in [2.45, 2.75) is 45.1 Å². The Kier molecular flexibility index (Phi) is 4.90. The SMILES string of the molecule is CC(C)(C)c1ccc(C(=O)N2CSCC2C(=O)N2CCCC2)cc1. The molecular formula is C19H26N2O2S. The molecule has 1 unspecified atom stereocenters. The molecule has 0 N–H and O–H groups in total. The van der Waals surface area contributed by atoms with Crippen molar-refractivity contribution < 1.29 is 9.59 Å². The lowest BCUT2D eigenvalue weighted by atomic mass is 9.86. The highest BCUT2D eigenvalue weighted by Crippen LogP contribution is 2.27. The van der Waals surface area contributed by atoms with Crippen molar-refractivity contribution in [3.63, 3.8) is 0 Å². The maximum Gasteiger partial charge on any atom is 0.255 e. The number of carbonyl (C=O) groups is 2. The summed E-state index contributed by atoms with van der Waals surface area (Å²) in [6.07, 6.45) is 2.15. The van der Waals surface area contributed by atoms with Crippen LogP contribution < -0.4 is 0 Å². The van der Waals surface area contributed by atoms with Gasteiger partial charge in [0.05, 0.1) is 5.88 Å². The fraction of sp³-hybridized carbons (Fsp3) is 0.579. The second-order valence-corrected chi connectivity index (χ2v) is 8.65. The van der Waals surface area contributed by atoms with Gasteiger partial charge in [0.2, 0.25) is 5.91 Å². The first-order chi connectivity index (χ1) is 11.4. The third-order valence-corrected chi connectivity index (χ3v) is 5.86. The van der Waals surface area contributed by atoms with Crippen LogP contribution in [0.25, 0.3) is 0 Å². The first kappa shape index (κ1) is 17.3. The largest absolute Gasteiger partial charge is 0.341 e. The number of benzene rings is 1. The molecule has 0 aliphatic carbocycles. The summed E-state index contributed by atoms with van der Waals surface area (Å²) in [6, 6.07) is 7.52. The van der Waals surface area contributed by atoms with Crippen LogP contribution in [0.2, 0.25) is 0 Å². The number of amides is 2. The maximum atomic E-state index is 12.9. The quantitative estimate of drug-likeness (QED) is 0.826. The zero-order chi connectivity index (χ0) is 17.3. The van der Waals surface area contributed by atoms with E-state index in [1.807, 2.05) is 29.2 Å². The highest BCUT2D eigenvalue weighted by atomic mass is 32.2. The lowest BCUT2D eigenvalue weighted by Gasteiger charge is -2.27. The third-order valence-electron chi connectivity index (χ3n) is 4.84. The highest BCUT2D eigenvalue weighted by Gasteiger charge is 2.38. The van der Waals surface area contributed by atoms with E-state index in [2.05, 4.69) is 20.8 Å². The third kappa shape index (κ3) is 3.46. The fourth-order valence-electron chi connectivity index (χ4n) is 3.27. The Morgan fingerprint density at radius 2 is 1.71 bits per heavy atom. The molecular weight excluding hydrogens is 320 g/mol. The minimum Gasteiger partial charge on any atom is -0.341 e. The normalized spacial score (nSPS) is 21.4. The number of nitrogens with zero attached hydrogens (tertiary/aromatic N) is 2. The van der Waals surface area contributed by atoms with Gasteiger partial charge in [0.25, 0.3) is 5.91 Å². The van der Waals surface area contributed by atoms with E-state index >= 15 is 0 Å². The molecule has 0 aromatic heterocycles. The Hall–Kier alpha value is -1.49. The molecule has 2 heterocycles. The van der Waals surface area contributed by atoms with Gasteiger partial charge >= 0.3 is 0 Å². The Morgan fingerprint density at radius 1 is 1.08 bits per heavy atom. The Morgan fingerprint density at radius 3 is 2.29 bits per heavy atom. The van der Waals surface area contributed by atoms with E-state index in [-0.39, 0.29) is 23.3 Å². The number of carbonyl (C=O) groups excluding carboxylic acids is 2. The van der Waals surface area contributed by atoms with Gasteiger partial charge in [-0.05, 0) is 36.0 Å². The molecule has 1 aromatic carbocycles. The number of likely N-dealkylation sites (tertiary alicyclic amines) is 1. The monoisotopic (exact) mass is 346 g/mol. The van der Waals surface area contributed by atoms with Crippen molar-refractivity contribution in [3.8, 4) is 0 Å². The molecule has 3 rings (SSSR count). The predicted octanol–water partition coefficient (Wildman–Crippen LogP) is 3.12. The van der Waals surface area contributed by atoms with Gasteiger partial charge in [0, 0.05) is 24.4 Å². The first-order valence-electron chi connectivity index (χ1n) is 8.66. The van der Waals surface area contributed by atoms with Gasteiger partial charge in [0.1, 0.15) is 6.04 Å². The van der Waals surface area contributed by atoms with E-state index in [0.717, 1.165) is 25.9 Å². The van der Waals surface area contributed by atoms with Crippen LogP contribution in [0.15, 0.2) is 24.3 Å². The first-order valence-corrected chi connectivity index (χ1v) is 9.81. The topological polar surface area (TPSA) is 40.6 Å². The molecule has 2 saturated heterocycles. The van der Waals surface area contributed by atoms with E-state index in [0.29, 0.717) is 17.2 Å². The molecule has 2 amide bonds. The minimum atomic E-state index is -0.303. The number of thioether (sulfide) groups is 1. The molecule has 0 saturated carbocycles. The second kappa shape index (κ2) is 6.79. The molecule has 4 nitrogen and oxygen atoms in total. The lowest BCUT2D eigenvalue weighted by molar-refractivity contribution is -0.133. The van der Waals surface area contributed by atoms with E-state index < -0.39 is 0 Å². The molecule has 5 heteroatoms. The van der Waals surface area contributed by atoms with Gasteiger partial charge in [-0.3, -0.25) is 9.59 Å². The van der Waals surface area contributed by atoms with Crippen molar-refractivity contribution in [2.75, 3.05) is 24.7 Å². The van der Waals surface area contributed by atoms with E-state index in [4.69, 9.17) is 0 Å². The lowest BCUT2D eigenvalue weighted by Crippen LogP contribution is -2.48. The van der Waals surface area contributed by atoms with Crippen LogP contribution in [0.1, 0.15) is 49.5 Å². The molecule has 24 heavy (non-hydrogen) atoms. The van der Waals surface area contributed by atoms with Crippen molar-refractivity contribution in [2.24, 2.45) is 0 Å². The molecule has 2 aliphatic heterocycles. The van der Waals surface area contributed by atoms with Gasteiger partial charge in [-0.25, -0.2) is 0 Å². The van der Waals surface area contributed by atoms with Crippen LogP contribution in [0.5, 0.6) is 0 Å². The Labute approximate surface area is 148 Å². The molecule has 1 aromatic rings. The van der Waals surface area contributed by atoms with Gasteiger partial charge in [-0.1, -0.05) is 32.9 Å². The number of hydrogen-bond acceptors (Lipinski definition) is 3. The van der Waals surface area contributed by atoms with Crippen LogP contribution in [0.4, 0.5) is 0 Å². The molecule has 130 valence electrons. The van der Waals surface area contributed by atoms with Gasteiger partial charge < -0.3 is 9.80 Å². The van der Waals surface area contributed by atoms with Crippen LogP contribution in [0, 0.1) is 0 Å². The fourth-order valence-corrected chi connectivity index (χ4v) is 4.42. The van der Waals surface area contributed by atoms with Gasteiger partial charge in [-0.15, -0.1) is 11.8 Å². The number of rotatable bonds is 2. The van der Waals surface area contributed by atoms with E-state index in [1.165, 1.54) is 5.56 Å². The van der Waals surface area contributed by atoms with Crippen molar-refractivity contribution >= 4 is 23.6 Å². The standard InChI is InChI=1S/C19H26N2O2S/c1-19(2,3)15-8-6-14(7-9-15)17(22)21-13-24-12-16(21)18(23)20-10-4-5-11-20/h6-9,16H,4-5,10-13H2,1-3H3. The molecule has 2 aliphatic rings. The van der Waals surface area contributed by atoms with Crippen molar-refractivity contribution in [1.29, 1.82) is 0 Å². The highest BCUT2D eigenvalue weighted by molar-refractivity contribution is 7.99. The average molecular weight is 346 g/mol. The molecule has 0 bridgehead atoms. The summed E-state index contributed by atoms with van der Waals surface area (Å²) < 4.78 is 0. The zero-order valence-electron chi connectivity index (χ0n) is 14.7. The van der Waals surface area contributed by atoms with Crippen molar-refractivity contribution in [3.05, 3.63) is 35.4 Å².